The molecule has 0 saturated heterocycles. The number of esters is 1. The Morgan fingerprint density at radius 2 is 2.28 bits per heavy atom. The van der Waals surface area contributed by atoms with E-state index < -0.39 is 0 Å². The first kappa shape index (κ1) is 15.1. The number of rotatable bonds is 7. The zero-order valence-corrected chi connectivity index (χ0v) is 11.9. The van der Waals surface area contributed by atoms with Crippen molar-refractivity contribution in [2.24, 2.45) is 0 Å². The van der Waals surface area contributed by atoms with E-state index in [-0.39, 0.29) is 18.7 Å². The number of hydrogen-bond donors (Lipinski definition) is 1. The van der Waals surface area contributed by atoms with Crippen molar-refractivity contribution in [3.63, 3.8) is 0 Å². The molecule has 4 nitrogen and oxygen atoms in total. The Morgan fingerprint density at radius 3 is 2.83 bits per heavy atom. The highest BCUT2D eigenvalue weighted by molar-refractivity contribution is 7.14. The van der Waals surface area contributed by atoms with Crippen molar-refractivity contribution in [1.29, 1.82) is 0 Å². The van der Waals surface area contributed by atoms with E-state index >= 15 is 0 Å². The molecule has 5 heteroatoms. The van der Waals surface area contributed by atoms with E-state index in [4.69, 9.17) is 14.6 Å². The van der Waals surface area contributed by atoms with Gasteiger partial charge in [0.05, 0.1) is 19.3 Å². The summed E-state index contributed by atoms with van der Waals surface area (Å²) in [5.74, 6) is -0.262. The molecule has 0 fully saturated rings. The maximum absolute atomic E-state index is 11.6. The van der Waals surface area contributed by atoms with Crippen LogP contribution in [0.2, 0.25) is 0 Å². The minimum absolute atomic E-state index is 0.0195. The van der Waals surface area contributed by atoms with Crippen LogP contribution in [0.25, 0.3) is 0 Å². The second-order valence-electron chi connectivity index (χ2n) is 4.02. The smallest absolute Gasteiger partial charge is 0.348 e. The third kappa shape index (κ3) is 4.08. The van der Waals surface area contributed by atoms with E-state index in [2.05, 4.69) is 0 Å². The molecule has 18 heavy (non-hydrogen) atoms. The van der Waals surface area contributed by atoms with Gasteiger partial charge in [0.15, 0.2) is 0 Å². The molecule has 0 amide bonds. The first-order valence-electron chi connectivity index (χ1n) is 6.02. The Bertz CT molecular complexity index is 382. The summed E-state index contributed by atoms with van der Waals surface area (Å²) >= 11 is 1.46. The van der Waals surface area contributed by atoms with Gasteiger partial charge in [-0.25, -0.2) is 4.79 Å². The number of hydrogen-bond acceptors (Lipinski definition) is 5. The molecule has 1 aromatic heterocycles. The second kappa shape index (κ2) is 7.51. The van der Waals surface area contributed by atoms with Gasteiger partial charge in [-0.1, -0.05) is 0 Å². The third-order valence-electron chi connectivity index (χ3n) is 2.73. The van der Waals surface area contributed by atoms with Gasteiger partial charge in [0.1, 0.15) is 4.88 Å². The maximum Gasteiger partial charge on any atom is 0.348 e. The average Bonchev–Trinajstić information content (AvgIpc) is 2.73. The van der Waals surface area contributed by atoms with Gasteiger partial charge in [0, 0.05) is 12.0 Å². The monoisotopic (exact) mass is 272 g/mol. The number of methoxy groups -OCH3 is 1. The molecule has 0 bridgehead atoms. The molecule has 102 valence electrons. The van der Waals surface area contributed by atoms with E-state index in [9.17, 15) is 4.79 Å². The summed E-state index contributed by atoms with van der Waals surface area (Å²) < 4.78 is 10.1. The quantitative estimate of drug-likeness (QED) is 0.773. The zero-order valence-electron chi connectivity index (χ0n) is 11.1. The average molecular weight is 272 g/mol. The third-order valence-corrected chi connectivity index (χ3v) is 4.00. The van der Waals surface area contributed by atoms with Crippen molar-refractivity contribution in [3.05, 3.63) is 21.4 Å². The van der Waals surface area contributed by atoms with Crippen LogP contribution in [0.3, 0.4) is 0 Å². The van der Waals surface area contributed by atoms with Gasteiger partial charge in [0.2, 0.25) is 0 Å². The summed E-state index contributed by atoms with van der Waals surface area (Å²) in [5.41, 5.74) is 1.09. The van der Waals surface area contributed by atoms with Gasteiger partial charge < -0.3 is 14.6 Å². The van der Waals surface area contributed by atoms with E-state index in [0.29, 0.717) is 11.5 Å². The zero-order chi connectivity index (χ0) is 13.5. The molecule has 0 aromatic carbocycles. The van der Waals surface area contributed by atoms with Gasteiger partial charge in [-0.2, -0.15) is 0 Å². The first-order valence-corrected chi connectivity index (χ1v) is 6.84. The molecule has 1 N–H and O–H groups in total. The molecule has 1 rings (SSSR count). The highest BCUT2D eigenvalue weighted by Crippen LogP contribution is 2.24. The number of aryl methyl sites for hydroxylation is 2. The fourth-order valence-electron chi connectivity index (χ4n) is 1.65. The van der Waals surface area contributed by atoms with E-state index in [1.54, 1.807) is 14.0 Å². The molecule has 0 aliphatic carbocycles. The molecule has 0 saturated carbocycles. The van der Waals surface area contributed by atoms with Crippen LogP contribution in [0, 0.1) is 6.92 Å². The summed E-state index contributed by atoms with van der Waals surface area (Å²) in [4.78, 5) is 13.4. The second-order valence-corrected chi connectivity index (χ2v) is 5.15. The lowest BCUT2D eigenvalue weighted by molar-refractivity contribution is 0.0436. The van der Waals surface area contributed by atoms with Crippen LogP contribution in [0.4, 0.5) is 0 Å². The summed E-state index contributed by atoms with van der Waals surface area (Å²) in [6.07, 6.45) is 1.41. The number of aliphatic hydroxyl groups excluding tert-OH is 1. The fourth-order valence-corrected chi connectivity index (χ4v) is 2.73. The minimum atomic E-state index is -0.262. The van der Waals surface area contributed by atoms with Crippen LogP contribution >= 0.6 is 11.3 Å². The van der Waals surface area contributed by atoms with Crippen LogP contribution < -0.4 is 0 Å². The predicted octanol–water partition coefficient (Wildman–Crippen LogP) is 2.17. The molecule has 0 spiro atoms. The van der Waals surface area contributed by atoms with Gasteiger partial charge in [-0.3, -0.25) is 0 Å². The predicted molar refractivity (Wildman–Crippen MR) is 71.2 cm³/mol. The van der Waals surface area contributed by atoms with Crippen LogP contribution in [0.5, 0.6) is 0 Å². The van der Waals surface area contributed by atoms with Crippen molar-refractivity contribution < 1.29 is 19.4 Å². The Labute approximate surface area is 112 Å². The summed E-state index contributed by atoms with van der Waals surface area (Å²) in [7, 11) is 1.59. The van der Waals surface area contributed by atoms with Crippen LogP contribution in [-0.4, -0.2) is 37.5 Å². The SMILES string of the molecule is CCOC(=O)c1cc(C)c(CCC(CO)OC)s1. The van der Waals surface area contributed by atoms with E-state index in [1.165, 1.54) is 11.3 Å². The lowest BCUT2D eigenvalue weighted by atomic mass is 10.1. The van der Waals surface area contributed by atoms with Gasteiger partial charge in [-0.15, -0.1) is 11.3 Å². The molecular weight excluding hydrogens is 252 g/mol. The van der Waals surface area contributed by atoms with Gasteiger partial charge in [0.25, 0.3) is 0 Å². The number of thiophene rings is 1. The summed E-state index contributed by atoms with van der Waals surface area (Å²) in [6, 6.07) is 1.86. The molecule has 1 heterocycles. The molecule has 1 unspecified atom stereocenters. The number of carbonyl (C=O) groups excluding carboxylic acids is 1. The number of aliphatic hydroxyl groups is 1. The Kier molecular flexibility index (Phi) is 6.32. The highest BCUT2D eigenvalue weighted by atomic mass is 32.1. The summed E-state index contributed by atoms with van der Waals surface area (Å²) in [5, 5.41) is 9.04. The molecule has 0 aliphatic heterocycles. The molecule has 1 atom stereocenters. The Morgan fingerprint density at radius 1 is 1.56 bits per heavy atom. The molecular formula is C13H20O4S. The van der Waals surface area contributed by atoms with E-state index in [0.717, 1.165) is 23.3 Å². The molecule has 0 aliphatic rings. The summed E-state index contributed by atoms with van der Waals surface area (Å²) in [6.45, 7) is 4.19. The number of carbonyl (C=O) groups is 1. The minimum Gasteiger partial charge on any atom is -0.462 e. The maximum atomic E-state index is 11.6. The van der Waals surface area contributed by atoms with Crippen molar-refractivity contribution in [2.45, 2.75) is 32.8 Å². The van der Waals surface area contributed by atoms with E-state index in [1.807, 2.05) is 13.0 Å². The van der Waals surface area contributed by atoms with Crippen LogP contribution in [0.1, 0.15) is 33.5 Å². The Hall–Kier alpha value is -0.910. The number of ether oxygens (including phenoxy) is 2. The topological polar surface area (TPSA) is 55.8 Å². The molecule has 0 radical (unpaired) electrons. The fraction of sp³-hybridized carbons (Fsp3) is 0.615. The van der Waals surface area contributed by atoms with Crippen molar-refractivity contribution >= 4 is 17.3 Å². The normalized spacial score (nSPS) is 12.4. The lowest BCUT2D eigenvalue weighted by Gasteiger charge is -2.11. The van der Waals surface area contributed by atoms with Crippen molar-refractivity contribution in [2.75, 3.05) is 20.3 Å². The Balaban J connectivity index is 2.64. The van der Waals surface area contributed by atoms with Crippen molar-refractivity contribution in [1.82, 2.24) is 0 Å². The molecule has 1 aromatic rings. The first-order chi connectivity index (χ1) is 8.62. The highest BCUT2D eigenvalue weighted by Gasteiger charge is 2.14. The standard InChI is InChI=1S/C13H20O4S/c1-4-17-13(15)12-7-9(2)11(18-12)6-5-10(8-14)16-3/h7,10,14H,4-6,8H2,1-3H3. The largest absolute Gasteiger partial charge is 0.462 e. The van der Waals surface area contributed by atoms with Crippen molar-refractivity contribution in [3.8, 4) is 0 Å². The van der Waals surface area contributed by atoms with Crippen LogP contribution in [-0.2, 0) is 15.9 Å². The van der Waals surface area contributed by atoms with Gasteiger partial charge in [-0.05, 0) is 38.3 Å². The van der Waals surface area contributed by atoms with Gasteiger partial charge >= 0.3 is 5.97 Å². The lowest BCUT2D eigenvalue weighted by Crippen LogP contribution is -2.16. The van der Waals surface area contributed by atoms with Crippen LogP contribution in [0.15, 0.2) is 6.07 Å².